The number of aliphatic hydroxyl groups excluding tert-OH is 1. The van der Waals surface area contributed by atoms with Gasteiger partial charge in [0.1, 0.15) is 0 Å². The molecule has 0 aliphatic heterocycles. The number of nitrogen functional groups attached to an aromatic ring is 1. The van der Waals surface area contributed by atoms with Crippen LogP contribution in [-0.4, -0.2) is 16.0 Å². The van der Waals surface area contributed by atoms with E-state index in [-0.39, 0.29) is 0 Å². The van der Waals surface area contributed by atoms with E-state index in [9.17, 15) is 9.90 Å². The number of carbonyl (C=O) groups is 1. The van der Waals surface area contributed by atoms with E-state index in [1.807, 2.05) is 13.0 Å². The third kappa shape index (κ3) is 2.74. The van der Waals surface area contributed by atoms with Crippen LogP contribution in [0.2, 0.25) is 0 Å². The van der Waals surface area contributed by atoms with Gasteiger partial charge < -0.3 is 16.6 Å². The third-order valence-corrected chi connectivity index (χ3v) is 3.84. The molecule has 1 unspecified atom stereocenters. The van der Waals surface area contributed by atoms with Gasteiger partial charge in [0.05, 0.1) is 22.4 Å². The van der Waals surface area contributed by atoms with Gasteiger partial charge in [-0.2, -0.15) is 0 Å². The maximum Gasteiger partial charge on any atom is 0.251 e. The van der Waals surface area contributed by atoms with Crippen molar-refractivity contribution in [3.8, 4) is 10.4 Å². The molecule has 2 rings (SSSR count). The Morgan fingerprint density at radius 3 is 2.74 bits per heavy atom. The Morgan fingerprint density at radius 1 is 1.53 bits per heavy atom. The topological polar surface area (TPSA) is 102 Å². The molecule has 0 saturated heterocycles. The van der Waals surface area contributed by atoms with E-state index >= 15 is 0 Å². The fourth-order valence-electron chi connectivity index (χ4n) is 1.70. The Bertz CT molecular complexity index is 592. The van der Waals surface area contributed by atoms with Crippen molar-refractivity contribution < 1.29 is 9.90 Å². The predicted molar refractivity (Wildman–Crippen MR) is 75.7 cm³/mol. The molecule has 5 N–H and O–H groups in total. The molecule has 0 aliphatic rings. The van der Waals surface area contributed by atoms with Gasteiger partial charge in [-0.1, -0.05) is 13.0 Å². The second-order valence-electron chi connectivity index (χ2n) is 4.15. The highest BCUT2D eigenvalue weighted by Gasteiger charge is 2.13. The fraction of sp³-hybridized carbons (Fsp3) is 0.231. The number of amides is 1. The monoisotopic (exact) mass is 277 g/mol. The van der Waals surface area contributed by atoms with E-state index in [1.165, 1.54) is 11.3 Å². The summed E-state index contributed by atoms with van der Waals surface area (Å²) in [7, 11) is 0. The highest BCUT2D eigenvalue weighted by Crippen LogP contribution is 2.33. The molecule has 0 radical (unpaired) electrons. The maximum atomic E-state index is 11.1. The molecule has 2 heterocycles. The van der Waals surface area contributed by atoms with Gasteiger partial charge in [-0.05, 0) is 18.6 Å². The molecule has 1 amide bonds. The van der Waals surface area contributed by atoms with Crippen molar-refractivity contribution in [1.82, 2.24) is 4.98 Å². The van der Waals surface area contributed by atoms with Gasteiger partial charge in [0.15, 0.2) is 0 Å². The molecule has 19 heavy (non-hydrogen) atoms. The number of anilines is 1. The highest BCUT2D eigenvalue weighted by atomic mass is 32.1. The average Bonchev–Trinajstić information content (AvgIpc) is 2.80. The summed E-state index contributed by atoms with van der Waals surface area (Å²) in [5.74, 6) is -0.536. The van der Waals surface area contributed by atoms with Gasteiger partial charge in [0.2, 0.25) is 0 Å². The number of rotatable bonds is 4. The lowest BCUT2D eigenvalue weighted by molar-refractivity contribution is 0.100. The van der Waals surface area contributed by atoms with Crippen molar-refractivity contribution in [1.29, 1.82) is 0 Å². The number of nitrogens with two attached hydrogens (primary N) is 2. The van der Waals surface area contributed by atoms with Gasteiger partial charge in [0.25, 0.3) is 5.91 Å². The van der Waals surface area contributed by atoms with E-state index in [0.717, 1.165) is 10.4 Å². The van der Waals surface area contributed by atoms with Crippen molar-refractivity contribution in [2.24, 2.45) is 5.73 Å². The lowest BCUT2D eigenvalue weighted by Gasteiger charge is -2.06. The van der Waals surface area contributed by atoms with Crippen LogP contribution < -0.4 is 11.5 Å². The number of aliphatic hydroxyl groups is 1. The molecule has 5 nitrogen and oxygen atoms in total. The third-order valence-electron chi connectivity index (χ3n) is 2.83. The molecule has 0 aromatic carbocycles. The molecule has 2 aromatic heterocycles. The zero-order chi connectivity index (χ0) is 14.0. The number of nitrogens with zero attached hydrogens (tertiary/aromatic N) is 1. The van der Waals surface area contributed by atoms with Crippen molar-refractivity contribution in [2.75, 3.05) is 5.73 Å². The van der Waals surface area contributed by atoms with Crippen LogP contribution in [0, 0.1) is 0 Å². The molecule has 100 valence electrons. The van der Waals surface area contributed by atoms with E-state index < -0.39 is 12.0 Å². The van der Waals surface area contributed by atoms with Gasteiger partial charge in [0, 0.05) is 16.6 Å². The number of thiophene rings is 1. The van der Waals surface area contributed by atoms with Crippen LogP contribution in [0.25, 0.3) is 10.4 Å². The van der Waals surface area contributed by atoms with Crippen molar-refractivity contribution >= 4 is 22.2 Å². The number of pyridine rings is 1. The Morgan fingerprint density at radius 2 is 2.26 bits per heavy atom. The van der Waals surface area contributed by atoms with Crippen LogP contribution in [0.5, 0.6) is 0 Å². The smallest absolute Gasteiger partial charge is 0.251 e. The lowest BCUT2D eigenvalue weighted by atomic mass is 10.1. The van der Waals surface area contributed by atoms with Crippen LogP contribution in [0.4, 0.5) is 5.00 Å². The van der Waals surface area contributed by atoms with Gasteiger partial charge in [-0.3, -0.25) is 9.78 Å². The molecule has 1 atom stereocenters. The van der Waals surface area contributed by atoms with Crippen LogP contribution in [0.1, 0.15) is 35.5 Å². The quantitative estimate of drug-likeness (QED) is 0.794. The largest absolute Gasteiger partial charge is 0.390 e. The zero-order valence-electron chi connectivity index (χ0n) is 10.5. The van der Waals surface area contributed by atoms with Crippen LogP contribution in [0.15, 0.2) is 24.4 Å². The summed E-state index contributed by atoms with van der Waals surface area (Å²) in [6.07, 6.45) is 1.72. The van der Waals surface area contributed by atoms with Crippen molar-refractivity contribution in [3.05, 3.63) is 35.7 Å². The minimum absolute atomic E-state index is 0.331. The number of hydrogen-bond donors (Lipinski definition) is 3. The van der Waals surface area contributed by atoms with E-state index in [2.05, 4.69) is 4.98 Å². The second kappa shape index (κ2) is 5.38. The Balaban J connectivity index is 2.32. The maximum absolute atomic E-state index is 11.1. The Kier molecular flexibility index (Phi) is 3.82. The second-order valence-corrected chi connectivity index (χ2v) is 5.23. The van der Waals surface area contributed by atoms with Gasteiger partial charge in [-0.25, -0.2) is 0 Å². The van der Waals surface area contributed by atoms with E-state index in [0.29, 0.717) is 22.7 Å². The molecule has 0 saturated carbocycles. The average molecular weight is 277 g/mol. The molecule has 0 aliphatic carbocycles. The molecule has 0 spiro atoms. The molecule has 6 heteroatoms. The van der Waals surface area contributed by atoms with Crippen molar-refractivity contribution in [2.45, 2.75) is 19.4 Å². The number of hydrogen-bond acceptors (Lipinski definition) is 5. The van der Waals surface area contributed by atoms with Crippen molar-refractivity contribution in [3.63, 3.8) is 0 Å². The van der Waals surface area contributed by atoms with Gasteiger partial charge in [-0.15, -0.1) is 11.3 Å². The Labute approximate surface area is 114 Å². The highest BCUT2D eigenvalue weighted by molar-refractivity contribution is 7.19. The number of carbonyl (C=O) groups excluding carboxylic acids is 1. The summed E-state index contributed by atoms with van der Waals surface area (Å²) >= 11 is 1.29. The molecular formula is C13H15N3O2S. The first kappa shape index (κ1) is 13.5. The summed E-state index contributed by atoms with van der Waals surface area (Å²) in [6, 6.07) is 5.27. The van der Waals surface area contributed by atoms with E-state index in [1.54, 1.807) is 18.3 Å². The lowest BCUT2D eigenvalue weighted by Crippen LogP contribution is -2.11. The molecule has 2 aromatic rings. The summed E-state index contributed by atoms with van der Waals surface area (Å²) in [6.45, 7) is 1.89. The first-order chi connectivity index (χ1) is 9.02. The standard InChI is InChI=1S/C13H15N3O2S/c1-2-10(17)9-4-3-7(6-16-9)11-5-8(12(14)18)13(15)19-11/h3-6,10,17H,2,15H2,1H3,(H2,14,18). The first-order valence-corrected chi connectivity index (χ1v) is 6.68. The normalized spacial score (nSPS) is 12.3. The summed E-state index contributed by atoms with van der Waals surface area (Å²) < 4.78 is 0. The summed E-state index contributed by atoms with van der Waals surface area (Å²) in [5.41, 5.74) is 12.8. The van der Waals surface area contributed by atoms with Crippen LogP contribution in [0.3, 0.4) is 0 Å². The molecule has 0 fully saturated rings. The summed E-state index contributed by atoms with van der Waals surface area (Å²) in [4.78, 5) is 16.2. The SMILES string of the molecule is CCC(O)c1ccc(-c2cc(C(N)=O)c(N)s2)cn1. The molecular weight excluding hydrogens is 262 g/mol. The zero-order valence-corrected chi connectivity index (χ0v) is 11.3. The van der Waals surface area contributed by atoms with Crippen LogP contribution in [-0.2, 0) is 0 Å². The number of primary amides is 1. The fourth-order valence-corrected chi connectivity index (χ4v) is 2.62. The van der Waals surface area contributed by atoms with E-state index in [4.69, 9.17) is 11.5 Å². The Hall–Kier alpha value is -1.92. The minimum Gasteiger partial charge on any atom is -0.390 e. The number of aromatic nitrogens is 1. The predicted octanol–water partition coefficient (Wildman–Crippen LogP) is 1.93. The minimum atomic E-state index is -0.552. The van der Waals surface area contributed by atoms with Crippen LogP contribution >= 0.6 is 11.3 Å². The molecule has 0 bridgehead atoms. The first-order valence-electron chi connectivity index (χ1n) is 5.86. The van der Waals surface area contributed by atoms with Gasteiger partial charge >= 0.3 is 0 Å². The summed E-state index contributed by atoms with van der Waals surface area (Å²) in [5, 5.41) is 10.1.